The zero-order chi connectivity index (χ0) is 30.2. The first-order valence-corrected chi connectivity index (χ1v) is 15.4. The number of imide groups is 1. The van der Waals surface area contributed by atoms with Crippen LogP contribution in [0.1, 0.15) is 35.9 Å². The number of ether oxygens (including phenoxy) is 2. The molecule has 1 aromatic heterocycles. The molecule has 12 nitrogen and oxygen atoms in total. The number of anilines is 2. The first kappa shape index (κ1) is 31.9. The minimum absolute atomic E-state index is 0.0264. The Bertz CT molecular complexity index is 1310. The highest BCUT2D eigenvalue weighted by Gasteiger charge is 2.36. The molecule has 4 rings (SSSR count). The Morgan fingerprint density at radius 1 is 1.14 bits per heavy atom. The zero-order valence-corrected chi connectivity index (χ0v) is 25.3. The van der Waals surface area contributed by atoms with Gasteiger partial charge >= 0.3 is 6.09 Å². The van der Waals surface area contributed by atoms with Gasteiger partial charge in [-0.15, -0.1) is 11.3 Å². The third-order valence-corrected chi connectivity index (χ3v) is 8.65. The molecule has 0 unspecified atom stereocenters. The van der Waals surface area contributed by atoms with Crippen LogP contribution in [0.3, 0.4) is 0 Å². The minimum Gasteiger partial charge on any atom is -0.442 e. The molecule has 3 heterocycles. The fraction of sp³-hybridized carbons (Fsp3) is 0.444. The fourth-order valence-electron chi connectivity index (χ4n) is 4.32. The quantitative estimate of drug-likeness (QED) is 0.262. The minimum atomic E-state index is -0.747. The molecule has 4 amide bonds. The largest absolute Gasteiger partial charge is 0.442 e. The van der Waals surface area contributed by atoms with Crippen LogP contribution in [-0.2, 0) is 23.9 Å². The second-order valence-electron chi connectivity index (χ2n) is 9.71. The normalized spacial score (nSPS) is 17.7. The van der Waals surface area contributed by atoms with Gasteiger partial charge in [0, 0.05) is 30.9 Å². The van der Waals surface area contributed by atoms with Crippen LogP contribution in [0.4, 0.5) is 16.2 Å². The van der Waals surface area contributed by atoms with E-state index in [0.717, 1.165) is 28.2 Å². The average molecular weight is 638 g/mol. The number of nitrogens with two attached hydrogens (primary N) is 1. The predicted octanol–water partition coefficient (Wildman–Crippen LogP) is 3.04. The van der Waals surface area contributed by atoms with E-state index in [2.05, 4.69) is 4.72 Å². The summed E-state index contributed by atoms with van der Waals surface area (Å²) < 4.78 is 14.1. The monoisotopic (exact) mass is 637 g/mol. The zero-order valence-electron chi connectivity index (χ0n) is 23.0. The summed E-state index contributed by atoms with van der Waals surface area (Å²) in [5.74, 6) is -1.05. The van der Waals surface area contributed by atoms with E-state index < -0.39 is 30.1 Å². The molecule has 42 heavy (non-hydrogen) atoms. The molecule has 0 saturated carbocycles. The van der Waals surface area contributed by atoms with Crippen LogP contribution in [0.25, 0.3) is 0 Å². The molecule has 2 aliphatic rings. The number of benzene rings is 1. The van der Waals surface area contributed by atoms with E-state index in [9.17, 15) is 24.0 Å². The number of carbonyl (C=O) groups excluding carboxylic acids is 5. The van der Waals surface area contributed by atoms with E-state index >= 15 is 0 Å². The van der Waals surface area contributed by atoms with Gasteiger partial charge in [0.2, 0.25) is 11.0 Å². The van der Waals surface area contributed by atoms with Crippen LogP contribution in [0, 0.1) is 0 Å². The van der Waals surface area contributed by atoms with Gasteiger partial charge in [-0.3, -0.25) is 33.7 Å². The van der Waals surface area contributed by atoms with E-state index in [1.807, 2.05) is 0 Å². The summed E-state index contributed by atoms with van der Waals surface area (Å²) in [6.07, 6.45) is -0.189. The summed E-state index contributed by atoms with van der Waals surface area (Å²) in [4.78, 5) is 67.5. The lowest BCUT2D eigenvalue weighted by Crippen LogP contribution is -2.43. The molecular formula is C27H32ClN5O7S2. The van der Waals surface area contributed by atoms with Crippen molar-refractivity contribution in [2.45, 2.75) is 38.3 Å². The molecular weight excluding hydrogens is 606 g/mol. The number of cyclic esters (lactones) is 1. The molecule has 15 heteroatoms. The predicted molar refractivity (Wildman–Crippen MR) is 161 cm³/mol. The average Bonchev–Trinajstić information content (AvgIpc) is 3.58. The third-order valence-electron chi connectivity index (χ3n) is 6.51. The van der Waals surface area contributed by atoms with Gasteiger partial charge in [0.25, 0.3) is 11.8 Å². The lowest BCUT2D eigenvalue weighted by atomic mass is 10.2. The number of halogens is 1. The number of unbranched alkanes of at least 4 members (excludes halogenated alkanes) is 1. The molecule has 226 valence electrons. The Kier molecular flexibility index (Phi) is 11.4. The number of nitrogens with one attached hydrogen (secondary N) is 1. The van der Waals surface area contributed by atoms with Crippen molar-refractivity contribution < 1.29 is 33.4 Å². The summed E-state index contributed by atoms with van der Waals surface area (Å²) in [5, 5.41) is -0.180. The van der Waals surface area contributed by atoms with Gasteiger partial charge < -0.3 is 20.1 Å². The van der Waals surface area contributed by atoms with E-state index in [0.29, 0.717) is 53.1 Å². The van der Waals surface area contributed by atoms with Crippen molar-refractivity contribution in [1.29, 1.82) is 0 Å². The van der Waals surface area contributed by atoms with Gasteiger partial charge in [-0.1, -0.05) is 11.6 Å². The number of amides is 4. The molecule has 0 bridgehead atoms. The van der Waals surface area contributed by atoms with Crippen molar-refractivity contribution in [2.24, 2.45) is 5.73 Å². The number of carbonyl (C=O) groups is 5. The molecule has 2 saturated heterocycles. The number of nitrogens with zero attached hydrogens (tertiary/aromatic N) is 3. The first-order valence-electron chi connectivity index (χ1n) is 13.4. The van der Waals surface area contributed by atoms with Crippen LogP contribution >= 0.6 is 34.9 Å². The van der Waals surface area contributed by atoms with Crippen LogP contribution in [-0.4, -0.2) is 85.4 Å². The summed E-state index contributed by atoms with van der Waals surface area (Å²) in [5.41, 5.74) is 6.79. The fourth-order valence-corrected chi connectivity index (χ4v) is 5.88. The third kappa shape index (κ3) is 8.30. The smallest absolute Gasteiger partial charge is 0.414 e. The van der Waals surface area contributed by atoms with Crippen LogP contribution < -0.4 is 20.3 Å². The standard InChI is InChI=1S/C27H32ClN5O7S2/c1-17(29)26(37)42-30-11-3-2-4-23(34)33(25(36)21-9-10-22(28)41-21)15-20-14-32(27(38)40-20)19-7-5-18(6-8-19)31-12-13-39-16-24(31)35/h5-10,17,20,30H,2-4,11-16,29H2,1H3/t17-,20-/m1/s1. The molecule has 3 N–H and O–H groups in total. The van der Waals surface area contributed by atoms with Gasteiger partial charge in [0.1, 0.15) is 12.7 Å². The second-order valence-corrected chi connectivity index (χ2v) is 12.3. The van der Waals surface area contributed by atoms with Crippen molar-refractivity contribution in [3.63, 3.8) is 0 Å². The maximum atomic E-state index is 13.3. The van der Waals surface area contributed by atoms with E-state index in [-0.39, 0.29) is 37.1 Å². The maximum absolute atomic E-state index is 13.3. The Labute approximate surface area is 256 Å². The molecule has 2 atom stereocenters. The lowest BCUT2D eigenvalue weighted by Gasteiger charge is -2.27. The van der Waals surface area contributed by atoms with Gasteiger partial charge in [0.15, 0.2) is 0 Å². The SMILES string of the molecule is C[C@@H](N)C(=O)SNCCCCC(=O)N(C[C@H]1CN(c2ccc(N3CCOCC3=O)cc2)C(=O)O1)C(=O)c1ccc(Cl)s1. The van der Waals surface area contributed by atoms with Crippen molar-refractivity contribution >= 4 is 75.2 Å². The molecule has 2 fully saturated rings. The van der Waals surface area contributed by atoms with Gasteiger partial charge in [-0.05, 0) is 68.1 Å². The van der Waals surface area contributed by atoms with E-state index in [4.69, 9.17) is 26.8 Å². The molecule has 2 aromatic rings. The second kappa shape index (κ2) is 14.9. The van der Waals surface area contributed by atoms with Crippen molar-refractivity contribution in [1.82, 2.24) is 9.62 Å². The maximum Gasteiger partial charge on any atom is 0.414 e. The highest BCUT2D eigenvalue weighted by Crippen LogP contribution is 2.27. The van der Waals surface area contributed by atoms with Crippen LogP contribution in [0.5, 0.6) is 0 Å². The Hall–Kier alpha value is -3.01. The number of thiophene rings is 1. The number of rotatable bonds is 12. The van der Waals surface area contributed by atoms with Gasteiger partial charge in [-0.2, -0.15) is 0 Å². The van der Waals surface area contributed by atoms with Gasteiger partial charge in [-0.25, -0.2) is 4.79 Å². The highest BCUT2D eigenvalue weighted by atomic mass is 35.5. The number of hydrogen-bond donors (Lipinski definition) is 2. The topological polar surface area (TPSA) is 152 Å². The molecule has 0 aliphatic carbocycles. The Morgan fingerprint density at radius 3 is 2.50 bits per heavy atom. The molecule has 0 radical (unpaired) electrons. The number of morpholine rings is 1. The molecule has 0 spiro atoms. The summed E-state index contributed by atoms with van der Waals surface area (Å²) in [6, 6.07) is 9.50. The lowest BCUT2D eigenvalue weighted by molar-refractivity contribution is -0.129. The number of hydrogen-bond acceptors (Lipinski definition) is 11. The van der Waals surface area contributed by atoms with Crippen molar-refractivity contribution in [3.8, 4) is 0 Å². The van der Waals surface area contributed by atoms with Crippen molar-refractivity contribution in [3.05, 3.63) is 45.6 Å². The van der Waals surface area contributed by atoms with Crippen molar-refractivity contribution in [2.75, 3.05) is 49.2 Å². The summed E-state index contributed by atoms with van der Waals surface area (Å²) in [6.45, 7) is 3.02. The van der Waals surface area contributed by atoms with Gasteiger partial charge in [0.05, 0.1) is 35.0 Å². The molecule has 2 aliphatic heterocycles. The van der Waals surface area contributed by atoms with Crippen LogP contribution in [0.2, 0.25) is 4.34 Å². The van der Waals surface area contributed by atoms with E-state index in [1.165, 1.54) is 4.90 Å². The summed E-state index contributed by atoms with van der Waals surface area (Å²) >= 11 is 8.02. The summed E-state index contributed by atoms with van der Waals surface area (Å²) in [7, 11) is 0. The Balaban J connectivity index is 1.36. The van der Waals surface area contributed by atoms with Crippen LogP contribution in [0.15, 0.2) is 36.4 Å². The Morgan fingerprint density at radius 2 is 1.86 bits per heavy atom. The highest BCUT2D eigenvalue weighted by molar-refractivity contribution is 8.12. The first-order chi connectivity index (χ1) is 20.1. The van der Waals surface area contributed by atoms with E-state index in [1.54, 1.807) is 48.2 Å². The molecule has 1 aromatic carbocycles.